The molecule has 1 spiro atoms. The van der Waals surface area contributed by atoms with Crippen molar-refractivity contribution in [3.8, 4) is 0 Å². The molecule has 0 saturated carbocycles. The van der Waals surface area contributed by atoms with Crippen molar-refractivity contribution < 1.29 is 26.7 Å². The fourth-order valence-corrected chi connectivity index (χ4v) is 5.08. The lowest BCUT2D eigenvalue weighted by Crippen LogP contribution is -2.59. The molecule has 11 heteroatoms. The van der Waals surface area contributed by atoms with Crippen molar-refractivity contribution in [1.29, 1.82) is 0 Å². The quantitative estimate of drug-likeness (QED) is 0.665. The average Bonchev–Trinajstić information content (AvgIpc) is 2.82. The Balaban J connectivity index is 1.57. The van der Waals surface area contributed by atoms with E-state index in [1.807, 2.05) is 0 Å². The van der Waals surface area contributed by atoms with Crippen LogP contribution in [0.3, 0.4) is 0 Å². The number of carbonyl (C=O) groups excluding carboxylic acids is 1. The summed E-state index contributed by atoms with van der Waals surface area (Å²) in [6.07, 6.45) is -1.79. The summed E-state index contributed by atoms with van der Waals surface area (Å²) in [6, 6.07) is 7.05. The van der Waals surface area contributed by atoms with Crippen LogP contribution in [0.1, 0.15) is 28.8 Å². The number of amides is 1. The summed E-state index contributed by atoms with van der Waals surface area (Å²) in [5.41, 5.74) is -1.45. The lowest BCUT2D eigenvalue weighted by molar-refractivity contribution is -0.137. The van der Waals surface area contributed by atoms with E-state index in [1.54, 1.807) is 0 Å². The number of nitrogens with one attached hydrogen (secondary N) is 2. The first-order valence-electron chi connectivity index (χ1n) is 9.29. The second kappa shape index (κ2) is 7.33. The zero-order valence-electron chi connectivity index (χ0n) is 15.7. The van der Waals surface area contributed by atoms with Crippen LogP contribution >= 0.6 is 0 Å². The second-order valence-electron chi connectivity index (χ2n) is 7.49. The number of pyridine rings is 1. The minimum absolute atomic E-state index is 0.0352. The number of hydrogen-bond acceptors (Lipinski definition) is 5. The number of alkyl halides is 3. The Morgan fingerprint density at radius 2 is 1.97 bits per heavy atom. The van der Waals surface area contributed by atoms with Gasteiger partial charge in [0.15, 0.2) is 16.2 Å². The Bertz CT molecular complexity index is 1010. The highest BCUT2D eigenvalue weighted by molar-refractivity contribution is 7.96. The summed E-state index contributed by atoms with van der Waals surface area (Å²) < 4.78 is 65.9. The number of rotatable bonds is 1. The van der Waals surface area contributed by atoms with Gasteiger partial charge in [0.25, 0.3) is 5.91 Å². The number of aromatic nitrogens is 1. The van der Waals surface area contributed by atoms with Crippen LogP contribution in [0.4, 0.5) is 19.0 Å². The minimum Gasteiger partial charge on any atom is -0.593 e. The maximum Gasteiger partial charge on any atom is 0.416 e. The maximum absolute atomic E-state index is 12.9. The molecule has 0 bridgehead atoms. The molecule has 0 aliphatic carbocycles. The summed E-state index contributed by atoms with van der Waals surface area (Å²) in [6.45, 7) is 0.666. The van der Waals surface area contributed by atoms with Crippen LogP contribution in [-0.2, 0) is 20.8 Å². The van der Waals surface area contributed by atoms with E-state index in [9.17, 15) is 26.7 Å². The van der Waals surface area contributed by atoms with Gasteiger partial charge in [0.2, 0.25) is 4.90 Å². The van der Waals surface area contributed by atoms with Gasteiger partial charge in [-0.2, -0.15) is 13.2 Å². The zero-order chi connectivity index (χ0) is 21.6. The predicted octanol–water partition coefficient (Wildman–Crippen LogP) is 2.69. The first-order chi connectivity index (χ1) is 14.1. The molecule has 2 aliphatic rings. The summed E-state index contributed by atoms with van der Waals surface area (Å²) in [5.74, 6) is -0.190. The number of sulfonamides is 1. The Morgan fingerprint density at radius 1 is 1.23 bits per heavy atom. The van der Waals surface area contributed by atoms with Gasteiger partial charge in [-0.1, -0.05) is 4.21 Å². The number of halogens is 3. The van der Waals surface area contributed by atoms with Crippen LogP contribution in [0, 0.1) is 0 Å². The van der Waals surface area contributed by atoms with E-state index in [4.69, 9.17) is 0 Å². The van der Waals surface area contributed by atoms with Crippen molar-refractivity contribution in [2.75, 3.05) is 25.0 Å². The third-order valence-corrected chi connectivity index (χ3v) is 6.80. The van der Waals surface area contributed by atoms with Gasteiger partial charge in [-0.3, -0.25) is 4.79 Å². The molecule has 160 valence electrons. The molecule has 30 heavy (non-hydrogen) atoms. The van der Waals surface area contributed by atoms with E-state index >= 15 is 0 Å². The van der Waals surface area contributed by atoms with E-state index in [2.05, 4.69) is 15.0 Å². The van der Waals surface area contributed by atoms with E-state index in [-0.39, 0.29) is 29.4 Å². The van der Waals surface area contributed by atoms with Crippen LogP contribution < -0.4 is 10.0 Å². The normalized spacial score (nSPS) is 26.6. The van der Waals surface area contributed by atoms with Gasteiger partial charge < -0.3 is 14.8 Å². The second-order valence-corrected chi connectivity index (χ2v) is 9.22. The molecular formula is C19H19F3N4O3S. The number of nitrogens with zero attached hydrogens (tertiary/aromatic N) is 2. The van der Waals surface area contributed by atoms with Crippen LogP contribution in [0.5, 0.6) is 0 Å². The van der Waals surface area contributed by atoms with Crippen LogP contribution in [0.25, 0.3) is 0 Å². The minimum atomic E-state index is -4.47. The lowest BCUT2D eigenvalue weighted by Gasteiger charge is -2.42. The first-order valence-corrected chi connectivity index (χ1v) is 10.8. The summed E-state index contributed by atoms with van der Waals surface area (Å²) in [4.78, 5) is 18.6. The van der Waals surface area contributed by atoms with Gasteiger partial charge in [-0.05, 0) is 43.2 Å². The van der Waals surface area contributed by atoms with Crippen LogP contribution in [0.2, 0.25) is 0 Å². The molecule has 1 saturated heterocycles. The van der Waals surface area contributed by atoms with Crippen molar-refractivity contribution in [1.82, 2.24) is 14.6 Å². The highest BCUT2D eigenvalue weighted by atomic mass is 32.3. The van der Waals surface area contributed by atoms with Crippen LogP contribution in [-0.4, -0.2) is 45.5 Å². The zero-order valence-corrected chi connectivity index (χ0v) is 16.6. The molecule has 0 radical (unpaired) electrons. The van der Waals surface area contributed by atoms with Gasteiger partial charge in [0, 0.05) is 30.9 Å². The van der Waals surface area contributed by atoms with Crippen molar-refractivity contribution in [3.05, 3.63) is 53.7 Å². The summed E-state index contributed by atoms with van der Waals surface area (Å²) >= 11 is 0. The van der Waals surface area contributed by atoms with E-state index in [0.29, 0.717) is 19.4 Å². The van der Waals surface area contributed by atoms with E-state index < -0.39 is 33.6 Å². The van der Waals surface area contributed by atoms with Gasteiger partial charge >= 0.3 is 6.18 Å². The fraction of sp³-hybridized carbons (Fsp3) is 0.368. The predicted molar refractivity (Wildman–Crippen MR) is 102 cm³/mol. The van der Waals surface area contributed by atoms with Crippen LogP contribution in [0.15, 0.2) is 47.5 Å². The number of fused-ring (bicyclic) bond motifs is 1. The van der Waals surface area contributed by atoms with Crippen molar-refractivity contribution >= 4 is 22.1 Å². The van der Waals surface area contributed by atoms with Gasteiger partial charge in [0.1, 0.15) is 0 Å². The summed E-state index contributed by atoms with van der Waals surface area (Å²) in [7, 11) is -3.75. The molecule has 1 amide bonds. The van der Waals surface area contributed by atoms with Crippen molar-refractivity contribution in [2.24, 2.45) is 0 Å². The molecule has 3 heterocycles. The molecule has 4 rings (SSSR count). The van der Waals surface area contributed by atoms with Gasteiger partial charge in [-0.15, -0.1) is 4.72 Å². The fourth-order valence-electron chi connectivity index (χ4n) is 3.84. The molecule has 1 aromatic carbocycles. The Labute approximate surface area is 172 Å². The molecule has 2 aromatic rings. The first kappa shape index (κ1) is 20.8. The Kier molecular flexibility index (Phi) is 5.07. The van der Waals surface area contributed by atoms with E-state index in [0.717, 1.165) is 24.3 Å². The highest BCUT2D eigenvalue weighted by Crippen LogP contribution is 2.33. The number of piperidine rings is 1. The van der Waals surface area contributed by atoms with Gasteiger partial charge in [0.05, 0.1) is 17.6 Å². The molecule has 1 aromatic heterocycles. The number of likely N-dealkylation sites (tertiary alicyclic amines) is 1. The molecule has 2 aliphatic heterocycles. The van der Waals surface area contributed by atoms with Crippen molar-refractivity contribution in [2.45, 2.75) is 29.5 Å². The smallest absolute Gasteiger partial charge is 0.416 e. The number of benzene rings is 1. The molecular weight excluding hydrogens is 421 g/mol. The number of hydrogen-bond donors (Lipinski definition) is 2. The molecule has 1 fully saturated rings. The van der Waals surface area contributed by atoms with Crippen molar-refractivity contribution in [3.63, 3.8) is 0 Å². The molecule has 2 unspecified atom stereocenters. The maximum atomic E-state index is 12.9. The standard InChI is InChI=1S/C19H19F3N4O3S/c20-19(21,22)14-6-4-13(5-7-14)17(27)26-10-2-8-18(12-26)11-24-30(28,29)15-3-1-9-23-16(15)25-18/h1,3-7,9H,2,8,10-12H2,(H2-,23,24,25,28,29). The largest absolute Gasteiger partial charge is 0.593 e. The monoisotopic (exact) mass is 440 g/mol. The topological polar surface area (TPSA) is 97.4 Å². The number of carbonyl (C=O) groups is 1. The molecule has 7 nitrogen and oxygen atoms in total. The Morgan fingerprint density at radius 3 is 2.67 bits per heavy atom. The average molecular weight is 440 g/mol. The number of anilines is 1. The molecule has 2 N–H and O–H groups in total. The SMILES string of the molecule is O=C(c1ccc(C(F)(F)F)cc1)N1CCCC2(CN[S+](=O)([O-])c3cccnc3N2)C1. The van der Waals surface area contributed by atoms with E-state index in [1.165, 1.54) is 23.2 Å². The molecule has 2 atom stereocenters. The lowest BCUT2D eigenvalue weighted by atomic mass is 9.88. The third kappa shape index (κ3) is 3.92. The van der Waals surface area contributed by atoms with Gasteiger partial charge in [-0.25, -0.2) is 4.98 Å². The Hall–Kier alpha value is -2.50. The summed E-state index contributed by atoms with van der Waals surface area (Å²) in [5, 5.41) is 3.20. The third-order valence-electron chi connectivity index (χ3n) is 5.37. The highest BCUT2D eigenvalue weighted by Gasteiger charge is 2.44.